The third kappa shape index (κ3) is 4.52. The van der Waals surface area contributed by atoms with Crippen LogP contribution < -0.4 is 0 Å². The van der Waals surface area contributed by atoms with Gasteiger partial charge in [-0.25, -0.2) is 8.42 Å². The number of benzene rings is 1. The van der Waals surface area contributed by atoms with Crippen molar-refractivity contribution in [2.24, 2.45) is 0 Å². The van der Waals surface area contributed by atoms with Gasteiger partial charge in [0.25, 0.3) is 0 Å². The van der Waals surface area contributed by atoms with Gasteiger partial charge in [0.1, 0.15) is 0 Å². The molecule has 0 aliphatic carbocycles. The summed E-state index contributed by atoms with van der Waals surface area (Å²) in [7, 11) is -3.48. The van der Waals surface area contributed by atoms with Gasteiger partial charge in [-0.1, -0.05) is 36.9 Å². The van der Waals surface area contributed by atoms with Gasteiger partial charge in [-0.3, -0.25) is 0 Å². The van der Waals surface area contributed by atoms with E-state index in [1.807, 2.05) is 12.2 Å². The van der Waals surface area contributed by atoms with Crippen LogP contribution in [0.1, 0.15) is 19.3 Å². The highest BCUT2D eigenvalue weighted by atomic mass is 32.2. The summed E-state index contributed by atoms with van der Waals surface area (Å²) in [6.07, 6.45) is 5.22. The SMILES string of the molecule is C=C=C(CC/C=C\CCO)S(=O)(=O)c1ccccc1. The lowest BCUT2D eigenvalue weighted by Gasteiger charge is -2.05. The van der Waals surface area contributed by atoms with Crippen LogP contribution in [0.25, 0.3) is 0 Å². The number of rotatable bonds is 7. The van der Waals surface area contributed by atoms with E-state index in [0.717, 1.165) is 0 Å². The minimum atomic E-state index is -3.48. The van der Waals surface area contributed by atoms with Gasteiger partial charge in [0.05, 0.1) is 9.80 Å². The summed E-state index contributed by atoms with van der Waals surface area (Å²) in [6, 6.07) is 8.28. The van der Waals surface area contributed by atoms with Gasteiger partial charge >= 0.3 is 0 Å². The van der Waals surface area contributed by atoms with E-state index >= 15 is 0 Å². The van der Waals surface area contributed by atoms with E-state index in [1.54, 1.807) is 30.3 Å². The number of allylic oxidation sites excluding steroid dienone is 2. The van der Waals surface area contributed by atoms with Crippen molar-refractivity contribution in [3.63, 3.8) is 0 Å². The zero-order valence-corrected chi connectivity index (χ0v) is 11.6. The zero-order chi connectivity index (χ0) is 14.1. The molecular weight excluding hydrogens is 260 g/mol. The van der Waals surface area contributed by atoms with Gasteiger partial charge in [0.15, 0.2) is 0 Å². The lowest BCUT2D eigenvalue weighted by molar-refractivity contribution is 0.302. The Morgan fingerprint density at radius 3 is 2.42 bits per heavy atom. The molecule has 1 rings (SSSR count). The Bertz CT molecular complexity index is 565. The second-order valence-corrected chi connectivity index (χ2v) is 5.91. The smallest absolute Gasteiger partial charge is 0.210 e. The molecule has 4 heteroatoms. The molecule has 1 N–H and O–H groups in total. The maximum atomic E-state index is 12.3. The van der Waals surface area contributed by atoms with Gasteiger partial charge in [-0.05, 0) is 31.4 Å². The first-order valence-electron chi connectivity index (χ1n) is 6.08. The maximum Gasteiger partial charge on any atom is 0.210 e. The van der Waals surface area contributed by atoms with Crippen molar-refractivity contribution < 1.29 is 13.5 Å². The van der Waals surface area contributed by atoms with E-state index in [0.29, 0.717) is 19.3 Å². The van der Waals surface area contributed by atoms with Crippen molar-refractivity contribution in [1.82, 2.24) is 0 Å². The van der Waals surface area contributed by atoms with Gasteiger partial charge in [-0.15, -0.1) is 5.73 Å². The highest BCUT2D eigenvalue weighted by Crippen LogP contribution is 2.21. The molecule has 19 heavy (non-hydrogen) atoms. The zero-order valence-electron chi connectivity index (χ0n) is 10.7. The second-order valence-electron chi connectivity index (χ2n) is 3.94. The third-order valence-corrected chi connectivity index (χ3v) is 4.47. The Hall–Kier alpha value is -1.61. The van der Waals surface area contributed by atoms with E-state index in [2.05, 4.69) is 12.3 Å². The quantitative estimate of drug-likeness (QED) is 0.616. The molecule has 1 aromatic carbocycles. The summed E-state index contributed by atoms with van der Waals surface area (Å²) in [5, 5.41) is 8.62. The highest BCUT2D eigenvalue weighted by Gasteiger charge is 2.18. The van der Waals surface area contributed by atoms with Crippen molar-refractivity contribution in [2.45, 2.75) is 24.2 Å². The first kappa shape index (κ1) is 15.4. The molecule has 3 nitrogen and oxygen atoms in total. The second kappa shape index (κ2) is 7.74. The average molecular weight is 278 g/mol. The summed E-state index contributed by atoms with van der Waals surface area (Å²) in [5.74, 6) is 0. The van der Waals surface area contributed by atoms with Crippen LogP contribution in [0, 0.1) is 0 Å². The highest BCUT2D eigenvalue weighted by molar-refractivity contribution is 7.95. The van der Waals surface area contributed by atoms with Crippen LogP contribution in [0.5, 0.6) is 0 Å². The molecule has 1 aromatic rings. The van der Waals surface area contributed by atoms with Crippen LogP contribution in [-0.2, 0) is 9.84 Å². The van der Waals surface area contributed by atoms with Gasteiger partial charge in [-0.2, -0.15) is 0 Å². The van der Waals surface area contributed by atoms with Gasteiger partial charge in [0.2, 0.25) is 9.84 Å². The maximum absolute atomic E-state index is 12.3. The van der Waals surface area contributed by atoms with Crippen LogP contribution in [0.2, 0.25) is 0 Å². The van der Waals surface area contributed by atoms with Crippen molar-refractivity contribution in [3.8, 4) is 0 Å². The van der Waals surface area contributed by atoms with Crippen LogP contribution in [0.3, 0.4) is 0 Å². The molecule has 0 heterocycles. The standard InChI is InChI=1S/C15H18O3S/c1-2-14(10-6-3-4-9-13-16)19(17,18)15-11-7-5-8-12-15/h3-5,7-8,11-12,16H,1,6,9-10,13H2/b4-3-. The Balaban J connectivity index is 2.79. The molecule has 0 saturated carbocycles. The monoisotopic (exact) mass is 278 g/mol. The van der Waals surface area contributed by atoms with E-state index in [-0.39, 0.29) is 16.4 Å². The molecule has 0 aliphatic rings. The van der Waals surface area contributed by atoms with Crippen LogP contribution in [-0.4, -0.2) is 20.1 Å². The number of hydrogen-bond donors (Lipinski definition) is 1. The van der Waals surface area contributed by atoms with E-state index < -0.39 is 9.84 Å². The lowest BCUT2D eigenvalue weighted by atomic mass is 10.2. The predicted octanol–water partition coefficient (Wildman–Crippen LogP) is 2.85. The number of sulfone groups is 1. The summed E-state index contributed by atoms with van der Waals surface area (Å²) < 4.78 is 24.6. The summed E-state index contributed by atoms with van der Waals surface area (Å²) in [6.45, 7) is 3.56. The molecule has 102 valence electrons. The molecule has 0 atom stereocenters. The molecule has 0 amide bonds. The van der Waals surface area contributed by atoms with Crippen molar-refractivity contribution in [3.05, 3.63) is 59.7 Å². The number of hydrogen-bond acceptors (Lipinski definition) is 3. The third-order valence-electron chi connectivity index (χ3n) is 2.58. The number of aliphatic hydroxyl groups is 1. The Labute approximate surface area is 114 Å². The summed E-state index contributed by atoms with van der Waals surface area (Å²) in [5.41, 5.74) is 2.53. The Morgan fingerprint density at radius 1 is 1.21 bits per heavy atom. The Kier molecular flexibility index (Phi) is 6.30. The lowest BCUT2D eigenvalue weighted by Crippen LogP contribution is -2.04. The largest absolute Gasteiger partial charge is 0.396 e. The van der Waals surface area contributed by atoms with E-state index in [9.17, 15) is 8.42 Å². The number of aliphatic hydroxyl groups excluding tert-OH is 1. The molecule has 0 bridgehead atoms. The summed E-state index contributed by atoms with van der Waals surface area (Å²) >= 11 is 0. The molecule has 0 aromatic heterocycles. The van der Waals surface area contributed by atoms with Crippen LogP contribution >= 0.6 is 0 Å². The van der Waals surface area contributed by atoms with Crippen LogP contribution in [0.4, 0.5) is 0 Å². The van der Waals surface area contributed by atoms with Gasteiger partial charge in [0, 0.05) is 6.61 Å². The molecule has 0 radical (unpaired) electrons. The van der Waals surface area contributed by atoms with E-state index in [4.69, 9.17) is 5.11 Å². The predicted molar refractivity (Wildman–Crippen MR) is 76.4 cm³/mol. The average Bonchev–Trinajstić information content (AvgIpc) is 2.43. The molecule has 0 saturated heterocycles. The van der Waals surface area contributed by atoms with Gasteiger partial charge < -0.3 is 5.11 Å². The van der Waals surface area contributed by atoms with E-state index in [1.165, 1.54) is 0 Å². The normalized spacial score (nSPS) is 11.4. The molecule has 0 spiro atoms. The fourth-order valence-electron chi connectivity index (χ4n) is 1.58. The van der Waals surface area contributed by atoms with Crippen molar-refractivity contribution in [2.75, 3.05) is 6.61 Å². The minimum absolute atomic E-state index is 0.100. The summed E-state index contributed by atoms with van der Waals surface area (Å²) in [4.78, 5) is 0.466. The molecule has 0 aliphatic heterocycles. The fraction of sp³-hybridized carbons (Fsp3) is 0.267. The molecule has 0 unspecified atom stereocenters. The Morgan fingerprint density at radius 2 is 1.84 bits per heavy atom. The first-order valence-corrected chi connectivity index (χ1v) is 7.56. The fourth-order valence-corrected chi connectivity index (χ4v) is 2.96. The van der Waals surface area contributed by atoms with Crippen LogP contribution in [0.15, 0.2) is 64.6 Å². The first-order chi connectivity index (χ1) is 9.12. The van der Waals surface area contributed by atoms with Crippen molar-refractivity contribution in [1.29, 1.82) is 0 Å². The molecular formula is C15H18O3S. The molecule has 0 fully saturated rings. The van der Waals surface area contributed by atoms with Crippen molar-refractivity contribution >= 4 is 9.84 Å². The minimum Gasteiger partial charge on any atom is -0.396 e. The topological polar surface area (TPSA) is 54.4 Å².